The van der Waals surface area contributed by atoms with Crippen LogP contribution in [-0.2, 0) is 6.54 Å². The molecule has 0 aliphatic heterocycles. The molecule has 0 spiro atoms. The minimum absolute atomic E-state index is 0.595. The average Bonchev–Trinajstić information content (AvgIpc) is 2.36. The number of aryl methyl sites for hydroxylation is 1. The van der Waals surface area contributed by atoms with Crippen LogP contribution in [0.5, 0.6) is 0 Å². The molecule has 0 aliphatic carbocycles. The topological polar surface area (TPSA) is 15.3 Å². The molecule has 18 heavy (non-hydrogen) atoms. The molecule has 0 heterocycles. The van der Waals surface area contributed by atoms with Crippen molar-refractivity contribution in [2.75, 3.05) is 18.5 Å². The largest absolute Gasteiger partial charge is 0.372 e. The lowest BCUT2D eigenvalue weighted by Gasteiger charge is -2.29. The predicted molar refractivity (Wildman–Crippen MR) is 81.3 cm³/mol. The molecule has 2 heteroatoms. The molecule has 0 amide bonds. The van der Waals surface area contributed by atoms with Gasteiger partial charge >= 0.3 is 0 Å². The fourth-order valence-corrected chi connectivity index (χ4v) is 2.31. The highest BCUT2D eigenvalue weighted by Gasteiger charge is 2.12. The van der Waals surface area contributed by atoms with Crippen LogP contribution in [0.2, 0.25) is 0 Å². The van der Waals surface area contributed by atoms with Crippen LogP contribution < -0.4 is 10.2 Å². The maximum absolute atomic E-state index is 3.43. The molecule has 1 aromatic carbocycles. The normalized spacial score (nSPS) is 12.5. The quantitative estimate of drug-likeness (QED) is 0.791. The molecule has 1 N–H and O–H groups in total. The fraction of sp³-hybridized carbons (Fsp3) is 0.625. The van der Waals surface area contributed by atoms with Gasteiger partial charge in [0, 0.05) is 25.3 Å². The van der Waals surface area contributed by atoms with Crippen molar-refractivity contribution in [2.45, 2.75) is 53.1 Å². The van der Waals surface area contributed by atoms with Crippen LogP contribution in [0.3, 0.4) is 0 Å². The first kappa shape index (κ1) is 15.0. The van der Waals surface area contributed by atoms with Gasteiger partial charge in [0.25, 0.3) is 0 Å². The minimum atomic E-state index is 0.595. The Kier molecular flexibility index (Phi) is 6.20. The Balaban J connectivity index is 2.91. The van der Waals surface area contributed by atoms with Crippen LogP contribution in [0.4, 0.5) is 5.69 Å². The number of anilines is 1. The van der Waals surface area contributed by atoms with E-state index >= 15 is 0 Å². The second kappa shape index (κ2) is 7.42. The molecular weight excluding hydrogens is 220 g/mol. The summed E-state index contributed by atoms with van der Waals surface area (Å²) >= 11 is 0. The molecule has 2 nitrogen and oxygen atoms in total. The van der Waals surface area contributed by atoms with Crippen molar-refractivity contribution >= 4 is 5.69 Å². The lowest BCUT2D eigenvalue weighted by Crippen LogP contribution is -2.30. The summed E-state index contributed by atoms with van der Waals surface area (Å²) in [7, 11) is 2.21. The van der Waals surface area contributed by atoms with E-state index in [4.69, 9.17) is 0 Å². The SMILES string of the molecule is CCCC(C)N(C)c1ccc(C)cc1CNCC. The lowest BCUT2D eigenvalue weighted by molar-refractivity contribution is 0.612. The lowest BCUT2D eigenvalue weighted by atomic mass is 10.1. The van der Waals surface area contributed by atoms with E-state index in [-0.39, 0.29) is 0 Å². The third-order valence-electron chi connectivity index (χ3n) is 3.55. The van der Waals surface area contributed by atoms with Crippen molar-refractivity contribution in [3.05, 3.63) is 29.3 Å². The Morgan fingerprint density at radius 2 is 2.00 bits per heavy atom. The Bertz CT molecular complexity index is 360. The average molecular weight is 248 g/mol. The molecule has 1 atom stereocenters. The number of rotatable bonds is 7. The summed E-state index contributed by atoms with van der Waals surface area (Å²) in [5.41, 5.74) is 4.10. The minimum Gasteiger partial charge on any atom is -0.372 e. The first-order valence-electron chi connectivity index (χ1n) is 7.13. The fourth-order valence-electron chi connectivity index (χ4n) is 2.31. The van der Waals surface area contributed by atoms with E-state index in [9.17, 15) is 0 Å². The van der Waals surface area contributed by atoms with Gasteiger partial charge in [-0.25, -0.2) is 0 Å². The summed E-state index contributed by atoms with van der Waals surface area (Å²) < 4.78 is 0. The molecule has 0 aromatic heterocycles. The van der Waals surface area contributed by atoms with Crippen LogP contribution in [0.25, 0.3) is 0 Å². The van der Waals surface area contributed by atoms with Crippen LogP contribution >= 0.6 is 0 Å². The van der Waals surface area contributed by atoms with Gasteiger partial charge in [0.1, 0.15) is 0 Å². The molecule has 1 rings (SSSR count). The van der Waals surface area contributed by atoms with Crippen LogP contribution in [0.1, 0.15) is 44.7 Å². The van der Waals surface area contributed by atoms with E-state index in [1.54, 1.807) is 0 Å². The maximum atomic E-state index is 3.43. The van der Waals surface area contributed by atoms with Gasteiger partial charge in [0.05, 0.1) is 0 Å². The van der Waals surface area contributed by atoms with E-state index in [0.29, 0.717) is 6.04 Å². The standard InChI is InChI=1S/C16H28N2/c1-6-8-14(4)18(5)16-10-9-13(3)11-15(16)12-17-7-2/h9-11,14,17H,6-8,12H2,1-5H3. The third-order valence-corrected chi connectivity index (χ3v) is 3.55. The number of benzene rings is 1. The van der Waals surface area contributed by atoms with Gasteiger partial charge in [-0.15, -0.1) is 0 Å². The molecule has 0 saturated carbocycles. The van der Waals surface area contributed by atoms with Crippen LogP contribution in [0, 0.1) is 6.92 Å². The highest BCUT2D eigenvalue weighted by atomic mass is 15.1. The van der Waals surface area contributed by atoms with Crippen molar-refractivity contribution in [3.8, 4) is 0 Å². The van der Waals surface area contributed by atoms with Crippen molar-refractivity contribution in [1.82, 2.24) is 5.32 Å². The zero-order chi connectivity index (χ0) is 13.5. The summed E-state index contributed by atoms with van der Waals surface area (Å²) in [6.07, 6.45) is 2.48. The van der Waals surface area contributed by atoms with E-state index in [2.05, 4.69) is 63.2 Å². The number of hydrogen-bond donors (Lipinski definition) is 1. The van der Waals surface area contributed by atoms with Crippen LogP contribution in [-0.4, -0.2) is 19.6 Å². The van der Waals surface area contributed by atoms with Crippen LogP contribution in [0.15, 0.2) is 18.2 Å². The van der Waals surface area contributed by atoms with Crippen molar-refractivity contribution in [3.63, 3.8) is 0 Å². The zero-order valence-corrected chi connectivity index (χ0v) is 12.6. The predicted octanol–water partition coefficient (Wildman–Crippen LogP) is 3.73. The highest BCUT2D eigenvalue weighted by Crippen LogP contribution is 2.24. The van der Waals surface area contributed by atoms with Gasteiger partial charge in [-0.3, -0.25) is 0 Å². The van der Waals surface area contributed by atoms with Gasteiger partial charge in [-0.1, -0.05) is 38.0 Å². The molecule has 0 aliphatic rings. The molecule has 102 valence electrons. The Morgan fingerprint density at radius 1 is 1.28 bits per heavy atom. The molecule has 1 unspecified atom stereocenters. The number of hydrogen-bond acceptors (Lipinski definition) is 2. The number of nitrogens with zero attached hydrogens (tertiary/aromatic N) is 1. The zero-order valence-electron chi connectivity index (χ0n) is 12.6. The first-order valence-corrected chi connectivity index (χ1v) is 7.13. The van der Waals surface area contributed by atoms with Crippen molar-refractivity contribution in [2.24, 2.45) is 0 Å². The Hall–Kier alpha value is -1.02. The molecule has 0 radical (unpaired) electrons. The summed E-state index contributed by atoms with van der Waals surface area (Å²) in [5, 5.41) is 3.43. The Morgan fingerprint density at radius 3 is 2.61 bits per heavy atom. The molecule has 1 aromatic rings. The Labute approximate surface area is 112 Å². The van der Waals surface area contributed by atoms with Crippen molar-refractivity contribution in [1.29, 1.82) is 0 Å². The molecular formula is C16H28N2. The van der Waals surface area contributed by atoms with E-state index < -0.39 is 0 Å². The van der Waals surface area contributed by atoms with E-state index in [1.807, 2.05) is 0 Å². The molecule has 0 fully saturated rings. The van der Waals surface area contributed by atoms with Gasteiger partial charge in [0.2, 0.25) is 0 Å². The summed E-state index contributed by atoms with van der Waals surface area (Å²) in [4.78, 5) is 2.41. The van der Waals surface area contributed by atoms with E-state index in [1.165, 1.54) is 29.7 Å². The highest BCUT2D eigenvalue weighted by molar-refractivity contribution is 5.55. The van der Waals surface area contributed by atoms with Gasteiger partial charge in [0.15, 0.2) is 0 Å². The van der Waals surface area contributed by atoms with Gasteiger partial charge in [-0.05, 0) is 38.4 Å². The smallest absolute Gasteiger partial charge is 0.0411 e. The summed E-state index contributed by atoms with van der Waals surface area (Å²) in [6, 6.07) is 7.36. The summed E-state index contributed by atoms with van der Waals surface area (Å²) in [6.45, 7) is 10.8. The monoisotopic (exact) mass is 248 g/mol. The molecule has 0 saturated heterocycles. The van der Waals surface area contributed by atoms with Gasteiger partial charge in [-0.2, -0.15) is 0 Å². The van der Waals surface area contributed by atoms with Crippen molar-refractivity contribution < 1.29 is 0 Å². The first-order chi connectivity index (χ1) is 8.60. The third kappa shape index (κ3) is 4.02. The molecule has 0 bridgehead atoms. The second-order valence-electron chi connectivity index (χ2n) is 5.16. The maximum Gasteiger partial charge on any atom is 0.0411 e. The van der Waals surface area contributed by atoms with Gasteiger partial charge < -0.3 is 10.2 Å². The number of nitrogens with one attached hydrogen (secondary N) is 1. The van der Waals surface area contributed by atoms with E-state index in [0.717, 1.165) is 13.1 Å². The second-order valence-corrected chi connectivity index (χ2v) is 5.16. The summed E-state index contributed by atoms with van der Waals surface area (Å²) in [5.74, 6) is 0.